The standard InChI is InChI=1S/C94H118ClN13O26/c1-41(2)25-59(97-7)85(120)107-75-77(114)48-14-21-63(42(3)26-48)130-65-34-52-35-66(82(65)134-92-83(81(118)80(117)67(40-109)132-92)133-69-38-94(6,96)84(119)43(4)129-69)131-64-22-15-49(33-58(64)95)78(115)76-91(126)106-74(89(124)103-71-50-28-45-27-46(30-50)31-51(71)29-45)56-36-62(112)57(39-98-23-11-9-10-12-24-99-44(5)110)79(116)70(56)55-32-47(13-20-61(55)111)72(87(122)108-76)105-88(123)73(52)104-86(121)60(101-90(75)125)37-68(113)102-93(127)100-53-16-18-54(128-8)19-17-53/h13-22,26,32-36,41,43,45-46,50-51,59-60,67,69,71-78,80-81,83-84,92,97-98,109,111-112,114-119H,9-12,23-25,27-31,37-40,96H2,1-8H3,(H,99,110)(H,101,125)(H,103,124)(H,104,121)(H,105,123)(H,106,126)(H,107,120)(H,108,122)(H2,100,102,113,127)/t43-,45?,46?,50?,51?,59+,60-,67+,69-,71?,72+,73+,74-,75+,76-,77+,78+,80+,81-,83+,84+,92-,94-/m0/s1. The molecule has 23 N–H and O–H groups in total. The van der Waals surface area contributed by atoms with Crippen LogP contribution < -0.4 is 88.5 Å². The Hall–Kier alpha value is -11.6. The molecule has 17 rings (SSSR count). The number of imide groups is 1. The number of carbonyl (C=O) groups is 10. The molecule has 7 heterocycles. The van der Waals surface area contributed by atoms with E-state index in [2.05, 4.69) is 63.8 Å². The Labute approximate surface area is 777 Å². The molecular weight excluding hydrogens is 1760 g/mol. The first-order chi connectivity index (χ1) is 63.8. The molecule has 7 aliphatic heterocycles. The number of anilines is 1. The van der Waals surface area contributed by atoms with Crippen LogP contribution in [-0.2, 0) is 63.9 Å². The number of hydrogen-bond acceptors (Lipinski definition) is 29. The van der Waals surface area contributed by atoms with Gasteiger partial charge in [-0.05, 0) is 228 Å². The van der Waals surface area contributed by atoms with Crippen molar-refractivity contribution in [1.29, 1.82) is 0 Å². The molecule has 0 radical (unpaired) electrons. The van der Waals surface area contributed by atoms with E-state index >= 15 is 28.8 Å². The van der Waals surface area contributed by atoms with E-state index in [1.807, 2.05) is 13.8 Å². The average Bonchev–Trinajstić information content (AvgIpc) is 0.750. The molecule has 6 aromatic carbocycles. The summed E-state index contributed by atoms with van der Waals surface area (Å²) in [7, 11) is 2.90. The zero-order valence-electron chi connectivity index (χ0n) is 75.3. The van der Waals surface area contributed by atoms with Crippen LogP contribution in [0.1, 0.15) is 181 Å². The number of nitrogens with one attached hydrogen (secondary N) is 12. The normalized spacial score (nSPS) is 29.0. The summed E-state index contributed by atoms with van der Waals surface area (Å²) in [5.41, 5.74) is 3.19. The van der Waals surface area contributed by atoms with Gasteiger partial charge >= 0.3 is 6.03 Å². The molecule has 4 aliphatic carbocycles. The molecule has 40 heteroatoms. The third-order valence-electron chi connectivity index (χ3n) is 26.4. The number of amides is 11. The Bertz CT molecular complexity index is 5370. The van der Waals surface area contributed by atoms with Crippen molar-refractivity contribution in [3.05, 3.63) is 141 Å². The molecule has 18 atom stereocenters. The van der Waals surface area contributed by atoms with Crippen LogP contribution in [-0.4, -0.2) is 224 Å². The minimum Gasteiger partial charge on any atom is -0.507 e. The topological polar surface area (TPSA) is 588 Å². The summed E-state index contributed by atoms with van der Waals surface area (Å²) in [4.78, 5) is 152. The number of aliphatic hydroxyl groups excluding tert-OH is 6. The van der Waals surface area contributed by atoms with Crippen molar-refractivity contribution in [3.8, 4) is 62.9 Å². The maximum atomic E-state index is 16.9. The lowest BCUT2D eigenvalue weighted by molar-refractivity contribution is -0.333. The number of unbranched alkanes of at least 4 members (excludes halogenated alkanes) is 3. The van der Waals surface area contributed by atoms with Crippen LogP contribution in [0.5, 0.6) is 51.7 Å². The van der Waals surface area contributed by atoms with Crippen LogP contribution in [0.3, 0.4) is 0 Å². The number of ether oxygens (including phenoxy) is 7. The number of rotatable bonds is 25. The van der Waals surface area contributed by atoms with Gasteiger partial charge in [0.1, 0.15) is 101 Å². The van der Waals surface area contributed by atoms with E-state index in [1.165, 1.54) is 109 Å². The number of aliphatic hydroxyl groups is 6. The third-order valence-corrected chi connectivity index (χ3v) is 26.7. The van der Waals surface area contributed by atoms with Crippen LogP contribution >= 0.6 is 11.6 Å². The number of fused-ring (bicyclic) bond motifs is 15. The molecule has 0 spiro atoms. The van der Waals surface area contributed by atoms with Gasteiger partial charge in [0, 0.05) is 54.8 Å². The van der Waals surface area contributed by atoms with Crippen LogP contribution in [0, 0.1) is 36.5 Å². The van der Waals surface area contributed by atoms with Gasteiger partial charge in [-0.15, -0.1) is 0 Å². The van der Waals surface area contributed by atoms with Gasteiger partial charge in [0.15, 0.2) is 23.9 Å². The minimum atomic E-state index is -2.42. The summed E-state index contributed by atoms with van der Waals surface area (Å²) >= 11 is 7.36. The smallest absolute Gasteiger partial charge is 0.325 e. The number of aryl methyl sites for hydroxylation is 1. The van der Waals surface area contributed by atoms with Crippen molar-refractivity contribution >= 4 is 76.5 Å². The highest BCUT2D eigenvalue weighted by Gasteiger charge is 2.54. The fraction of sp³-hybridized carbons (Fsp3) is 0.511. The van der Waals surface area contributed by atoms with Crippen LogP contribution in [0.25, 0.3) is 11.1 Å². The van der Waals surface area contributed by atoms with E-state index in [0.717, 1.165) is 68.9 Å². The molecule has 134 heavy (non-hydrogen) atoms. The van der Waals surface area contributed by atoms with Gasteiger partial charge in [-0.25, -0.2) is 4.79 Å². The van der Waals surface area contributed by atoms with Crippen molar-refractivity contribution in [2.24, 2.45) is 35.3 Å². The van der Waals surface area contributed by atoms with E-state index < -0.39 is 227 Å². The molecular formula is C94H118ClN13O26. The summed E-state index contributed by atoms with van der Waals surface area (Å²) in [5.74, 6) is -13.1. The molecule has 39 nitrogen and oxygen atoms in total. The number of likely N-dealkylation sites (N-methyl/N-ethyl adjacent to an activating group) is 1. The molecule has 2 saturated heterocycles. The number of aromatic hydroxyl groups is 3. The van der Waals surface area contributed by atoms with Gasteiger partial charge in [-0.3, -0.25) is 48.5 Å². The lowest BCUT2D eigenvalue weighted by atomic mass is 9.54. The van der Waals surface area contributed by atoms with Gasteiger partial charge in [0.25, 0.3) is 0 Å². The Morgan fingerprint density at radius 2 is 1.32 bits per heavy atom. The first-order valence-electron chi connectivity index (χ1n) is 45.1. The van der Waals surface area contributed by atoms with Crippen LogP contribution in [0.15, 0.2) is 97.1 Å². The van der Waals surface area contributed by atoms with Gasteiger partial charge < -0.3 is 143 Å². The minimum absolute atomic E-state index is 0.0263. The Morgan fingerprint density at radius 1 is 0.679 bits per heavy atom. The first kappa shape index (κ1) is 98.4. The third kappa shape index (κ3) is 22.2. The largest absolute Gasteiger partial charge is 0.507 e. The van der Waals surface area contributed by atoms with Crippen molar-refractivity contribution < 1.29 is 127 Å². The molecule has 0 aromatic heterocycles. The van der Waals surface area contributed by atoms with Gasteiger partial charge in [-0.1, -0.05) is 56.5 Å². The molecule has 4 saturated carbocycles. The first-order valence-corrected chi connectivity index (χ1v) is 45.5. The number of hydrogen-bond donors (Lipinski definition) is 22. The number of phenols is 3. The number of benzene rings is 6. The summed E-state index contributed by atoms with van der Waals surface area (Å²) < 4.78 is 44.8. The maximum Gasteiger partial charge on any atom is 0.325 e. The van der Waals surface area contributed by atoms with E-state index in [0.29, 0.717) is 49.9 Å². The molecule has 0 unspecified atom stereocenters. The number of methoxy groups -OCH3 is 1. The fourth-order valence-electron chi connectivity index (χ4n) is 19.6. The summed E-state index contributed by atoms with van der Waals surface area (Å²) in [6.07, 6.45) is -11.8. The predicted molar refractivity (Wildman–Crippen MR) is 480 cm³/mol. The van der Waals surface area contributed by atoms with E-state index in [4.69, 9.17) is 50.5 Å². The average molecular weight is 1880 g/mol. The van der Waals surface area contributed by atoms with Crippen LogP contribution in [0.4, 0.5) is 10.5 Å². The number of halogens is 1. The zero-order valence-corrected chi connectivity index (χ0v) is 76.0. The number of phenolic OH excluding ortho intramolecular Hbond substituents is 3. The number of carbonyl (C=O) groups excluding carboxylic acids is 10. The van der Waals surface area contributed by atoms with Crippen LogP contribution in [0.2, 0.25) is 5.02 Å². The molecule has 6 fully saturated rings. The van der Waals surface area contributed by atoms with Crippen molar-refractivity contribution in [2.75, 3.05) is 39.2 Å². The highest BCUT2D eigenvalue weighted by atomic mass is 35.5. The summed E-state index contributed by atoms with van der Waals surface area (Å²) in [5, 5.41) is 142. The Balaban J connectivity index is 0.964. The second-order valence-electron chi connectivity index (χ2n) is 36.8. The zero-order chi connectivity index (χ0) is 96.2. The maximum absolute atomic E-state index is 16.9. The summed E-state index contributed by atoms with van der Waals surface area (Å²) in [6.45, 7) is 9.19. The van der Waals surface area contributed by atoms with Gasteiger partial charge in [0.2, 0.25) is 65.2 Å². The quantitative estimate of drug-likeness (QED) is 0.0356. The molecule has 11 amide bonds. The molecule has 11 aliphatic rings. The van der Waals surface area contributed by atoms with Crippen molar-refractivity contribution in [1.82, 2.24) is 58.5 Å². The fourth-order valence-corrected chi connectivity index (χ4v) is 19.8. The highest BCUT2D eigenvalue weighted by molar-refractivity contribution is 6.32. The molecule has 722 valence electrons. The van der Waals surface area contributed by atoms with E-state index in [9.17, 15) is 65.1 Å². The SMILES string of the molecule is CN[C@H](CC(C)C)C(=O)N[C@H]1C(=O)N[C@@H](CC(=O)NC(=O)Nc2ccc(OC)cc2)C(=O)N[C@H]2C(=O)N[C@H]3C(=O)N[C@H](C(=O)N[C@H](C(=O)NC4C5CC6CC(C5)CC4C6)c4cc(O)c(CNCCCCCCNC(C)=O)c(O)c4-c4cc3ccc4O)[C@H](O)c3ccc(c(Cl)c3)Oc3cc2cc(c3O[C@@H]2O[C@H](CO)[C@@H](O)[C@H](O)[C@H]2O[C@H]2C[C@](C)(N)[C@H](O)[C@H](C)O2)Oc2ccc(cc2C)[C@H]1O. The van der Waals surface area contributed by atoms with Crippen molar-refractivity contribution in [3.63, 3.8) is 0 Å². The Morgan fingerprint density at radius 3 is 1.96 bits per heavy atom. The second-order valence-corrected chi connectivity index (χ2v) is 37.2. The number of nitrogens with two attached hydrogens (primary N) is 1. The highest BCUT2D eigenvalue weighted by Crippen LogP contribution is 2.55. The van der Waals surface area contributed by atoms with E-state index in [1.54, 1.807) is 0 Å². The van der Waals surface area contributed by atoms with Crippen molar-refractivity contribution in [2.45, 2.75) is 240 Å². The van der Waals surface area contributed by atoms with E-state index in [-0.39, 0.29) is 105 Å². The van der Waals surface area contributed by atoms with Gasteiger partial charge in [-0.2, -0.15) is 0 Å². The monoisotopic (exact) mass is 1880 g/mol. The lowest BCUT2D eigenvalue weighted by Crippen LogP contribution is -2.64. The molecule has 15 bridgehead atoms. The number of urea groups is 1. The lowest BCUT2D eigenvalue weighted by Gasteiger charge is -2.54. The van der Waals surface area contributed by atoms with Gasteiger partial charge in [0.05, 0.1) is 49.0 Å². The Kier molecular flexibility index (Phi) is 31.0. The predicted octanol–water partition coefficient (Wildman–Crippen LogP) is 4.28. The second kappa shape index (κ2) is 42.1. The summed E-state index contributed by atoms with van der Waals surface area (Å²) in [6, 6.07) is 4.31. The molecule has 6 aromatic rings.